The van der Waals surface area contributed by atoms with Crippen LogP contribution >= 0.6 is 11.3 Å². The molecule has 0 amide bonds. The SMILES string of the molecule is Cc1nc(CCN2CCCC(C(=O)c3ccccn3)C2)cs1. The molecule has 5 heteroatoms. The second-order valence-electron chi connectivity index (χ2n) is 5.83. The molecule has 116 valence electrons. The highest BCUT2D eigenvalue weighted by Gasteiger charge is 2.27. The van der Waals surface area contributed by atoms with Crippen LogP contribution in [0.15, 0.2) is 29.8 Å². The zero-order valence-electron chi connectivity index (χ0n) is 12.9. The molecule has 0 saturated carbocycles. The number of piperidine rings is 1. The first-order valence-corrected chi connectivity index (χ1v) is 8.69. The van der Waals surface area contributed by atoms with Gasteiger partial charge in [0.25, 0.3) is 0 Å². The van der Waals surface area contributed by atoms with E-state index in [1.807, 2.05) is 25.1 Å². The van der Waals surface area contributed by atoms with Crippen LogP contribution in [0.3, 0.4) is 0 Å². The molecule has 3 rings (SSSR count). The quantitative estimate of drug-likeness (QED) is 0.796. The molecule has 4 nitrogen and oxygen atoms in total. The van der Waals surface area contributed by atoms with Crippen molar-refractivity contribution in [2.45, 2.75) is 26.2 Å². The molecule has 3 heterocycles. The van der Waals surface area contributed by atoms with Crippen molar-refractivity contribution in [2.75, 3.05) is 19.6 Å². The second kappa shape index (κ2) is 7.11. The number of carbonyl (C=O) groups excluding carboxylic acids is 1. The van der Waals surface area contributed by atoms with E-state index >= 15 is 0 Å². The maximum atomic E-state index is 12.5. The number of rotatable bonds is 5. The number of Topliss-reactive ketones (excluding diaryl/α,β-unsaturated/α-hetero) is 1. The summed E-state index contributed by atoms with van der Waals surface area (Å²) in [5.41, 5.74) is 1.77. The summed E-state index contributed by atoms with van der Waals surface area (Å²) in [5, 5.41) is 3.26. The van der Waals surface area contributed by atoms with Gasteiger partial charge in [-0.05, 0) is 38.4 Å². The van der Waals surface area contributed by atoms with Gasteiger partial charge in [-0.25, -0.2) is 4.98 Å². The van der Waals surface area contributed by atoms with Gasteiger partial charge >= 0.3 is 0 Å². The molecule has 1 atom stereocenters. The molecule has 0 aromatic carbocycles. The fraction of sp³-hybridized carbons (Fsp3) is 0.471. The summed E-state index contributed by atoms with van der Waals surface area (Å²) in [6.45, 7) is 4.94. The van der Waals surface area contributed by atoms with E-state index in [-0.39, 0.29) is 11.7 Å². The number of likely N-dealkylation sites (tertiary alicyclic amines) is 1. The topological polar surface area (TPSA) is 46.1 Å². The van der Waals surface area contributed by atoms with Crippen molar-refractivity contribution in [3.63, 3.8) is 0 Å². The predicted molar refractivity (Wildman–Crippen MR) is 88.3 cm³/mol. The molecule has 2 aromatic rings. The molecule has 22 heavy (non-hydrogen) atoms. The molecule has 0 radical (unpaired) electrons. The van der Waals surface area contributed by atoms with E-state index in [2.05, 4.69) is 20.2 Å². The van der Waals surface area contributed by atoms with Crippen molar-refractivity contribution in [3.8, 4) is 0 Å². The summed E-state index contributed by atoms with van der Waals surface area (Å²) in [7, 11) is 0. The highest BCUT2D eigenvalue weighted by Crippen LogP contribution is 2.20. The Labute approximate surface area is 135 Å². The van der Waals surface area contributed by atoms with Crippen molar-refractivity contribution in [1.29, 1.82) is 0 Å². The van der Waals surface area contributed by atoms with Crippen molar-refractivity contribution < 1.29 is 4.79 Å². The third-order valence-corrected chi connectivity index (χ3v) is 4.97. The number of aryl methyl sites for hydroxylation is 1. The van der Waals surface area contributed by atoms with Crippen LogP contribution in [-0.4, -0.2) is 40.3 Å². The van der Waals surface area contributed by atoms with E-state index in [0.29, 0.717) is 5.69 Å². The Hall–Kier alpha value is -1.59. The largest absolute Gasteiger partial charge is 0.302 e. The molecular weight excluding hydrogens is 294 g/mol. The van der Waals surface area contributed by atoms with Crippen LogP contribution in [0, 0.1) is 12.8 Å². The molecule has 1 aliphatic heterocycles. The summed E-state index contributed by atoms with van der Waals surface area (Å²) in [5.74, 6) is 0.274. The van der Waals surface area contributed by atoms with Crippen LogP contribution in [0.4, 0.5) is 0 Å². The van der Waals surface area contributed by atoms with Gasteiger partial charge < -0.3 is 4.90 Å². The zero-order chi connectivity index (χ0) is 15.4. The minimum atomic E-state index is 0.0841. The Morgan fingerprint density at radius 3 is 3.09 bits per heavy atom. The van der Waals surface area contributed by atoms with Crippen molar-refractivity contribution in [1.82, 2.24) is 14.9 Å². The van der Waals surface area contributed by atoms with Gasteiger partial charge in [-0.1, -0.05) is 6.07 Å². The molecular formula is C17H21N3OS. The first-order valence-electron chi connectivity index (χ1n) is 7.81. The number of ketones is 1. The number of nitrogens with zero attached hydrogens (tertiary/aromatic N) is 3. The van der Waals surface area contributed by atoms with Gasteiger partial charge in [0.1, 0.15) is 5.69 Å². The van der Waals surface area contributed by atoms with Gasteiger partial charge in [0, 0.05) is 37.0 Å². The average molecular weight is 315 g/mol. The number of hydrogen-bond donors (Lipinski definition) is 0. The highest BCUT2D eigenvalue weighted by molar-refractivity contribution is 7.09. The molecule has 0 bridgehead atoms. The number of hydrogen-bond acceptors (Lipinski definition) is 5. The predicted octanol–water partition coefficient (Wildman–Crippen LogP) is 2.98. The van der Waals surface area contributed by atoms with Gasteiger partial charge in [-0.2, -0.15) is 0 Å². The summed E-state index contributed by atoms with van der Waals surface area (Å²) < 4.78 is 0. The minimum absolute atomic E-state index is 0.0841. The number of carbonyl (C=O) groups is 1. The fourth-order valence-electron chi connectivity index (χ4n) is 2.99. The van der Waals surface area contributed by atoms with Gasteiger partial charge in [-0.15, -0.1) is 11.3 Å². The van der Waals surface area contributed by atoms with Crippen LogP contribution in [0.2, 0.25) is 0 Å². The number of pyridine rings is 1. The summed E-state index contributed by atoms with van der Waals surface area (Å²) in [4.78, 5) is 23.6. The summed E-state index contributed by atoms with van der Waals surface area (Å²) in [6, 6.07) is 5.55. The van der Waals surface area contributed by atoms with Gasteiger partial charge in [0.2, 0.25) is 0 Å². The van der Waals surface area contributed by atoms with Crippen LogP contribution in [0.1, 0.15) is 34.0 Å². The lowest BCUT2D eigenvalue weighted by Crippen LogP contribution is -2.39. The molecule has 1 unspecified atom stereocenters. The van der Waals surface area contributed by atoms with E-state index in [4.69, 9.17) is 0 Å². The van der Waals surface area contributed by atoms with Crippen molar-refractivity contribution in [3.05, 3.63) is 46.2 Å². The normalized spacial score (nSPS) is 19.2. The number of aromatic nitrogens is 2. The van der Waals surface area contributed by atoms with Crippen LogP contribution in [-0.2, 0) is 6.42 Å². The molecule has 0 N–H and O–H groups in total. The van der Waals surface area contributed by atoms with E-state index < -0.39 is 0 Å². The lowest BCUT2D eigenvalue weighted by molar-refractivity contribution is 0.0816. The van der Waals surface area contributed by atoms with E-state index in [0.717, 1.165) is 43.9 Å². The number of thiazole rings is 1. The lowest BCUT2D eigenvalue weighted by Gasteiger charge is -2.31. The fourth-order valence-corrected chi connectivity index (χ4v) is 3.63. The molecule has 1 fully saturated rings. The smallest absolute Gasteiger partial charge is 0.185 e. The lowest BCUT2D eigenvalue weighted by atomic mass is 9.92. The van der Waals surface area contributed by atoms with Crippen LogP contribution in [0.5, 0.6) is 0 Å². The van der Waals surface area contributed by atoms with E-state index in [9.17, 15) is 4.79 Å². The standard InChI is InChI=1S/C17H21N3OS/c1-13-19-15(12-22-13)7-10-20-9-4-5-14(11-20)17(21)16-6-2-3-8-18-16/h2-3,6,8,12,14H,4-5,7,9-11H2,1H3. The third-order valence-electron chi connectivity index (χ3n) is 4.14. The molecule has 2 aromatic heterocycles. The maximum absolute atomic E-state index is 12.5. The minimum Gasteiger partial charge on any atom is -0.302 e. The Morgan fingerprint density at radius 1 is 1.45 bits per heavy atom. The molecule has 0 spiro atoms. The first-order chi connectivity index (χ1) is 10.7. The maximum Gasteiger partial charge on any atom is 0.185 e. The van der Waals surface area contributed by atoms with Crippen LogP contribution < -0.4 is 0 Å². The average Bonchev–Trinajstić information content (AvgIpc) is 2.99. The van der Waals surface area contributed by atoms with Gasteiger partial charge in [0.05, 0.1) is 10.7 Å². The van der Waals surface area contributed by atoms with Gasteiger partial charge in [0.15, 0.2) is 5.78 Å². The highest BCUT2D eigenvalue weighted by atomic mass is 32.1. The zero-order valence-corrected chi connectivity index (χ0v) is 13.7. The summed E-state index contributed by atoms with van der Waals surface area (Å²) in [6.07, 6.45) is 4.72. The Kier molecular flexibility index (Phi) is 4.95. The van der Waals surface area contributed by atoms with E-state index in [1.54, 1.807) is 17.5 Å². The van der Waals surface area contributed by atoms with Crippen molar-refractivity contribution in [2.24, 2.45) is 5.92 Å². The Morgan fingerprint density at radius 2 is 2.36 bits per heavy atom. The molecule has 1 saturated heterocycles. The van der Waals surface area contributed by atoms with Gasteiger partial charge in [-0.3, -0.25) is 9.78 Å². The third kappa shape index (κ3) is 3.78. The molecule has 0 aliphatic carbocycles. The Bertz CT molecular complexity index is 626. The monoisotopic (exact) mass is 315 g/mol. The second-order valence-corrected chi connectivity index (χ2v) is 6.89. The van der Waals surface area contributed by atoms with Crippen LogP contribution in [0.25, 0.3) is 0 Å². The first kappa shape index (κ1) is 15.3. The van der Waals surface area contributed by atoms with Crippen molar-refractivity contribution >= 4 is 17.1 Å². The molecule has 1 aliphatic rings. The van der Waals surface area contributed by atoms with E-state index in [1.165, 1.54) is 5.69 Å². The summed E-state index contributed by atoms with van der Waals surface area (Å²) >= 11 is 1.70. The Balaban J connectivity index is 1.56.